The van der Waals surface area contributed by atoms with Gasteiger partial charge in [-0.25, -0.2) is 0 Å². The van der Waals surface area contributed by atoms with E-state index in [9.17, 15) is 0 Å². The number of nitrogens with two attached hydrogens (primary N) is 1. The van der Waals surface area contributed by atoms with Crippen LogP contribution in [0.1, 0.15) is 35.1 Å². The molecule has 0 radical (unpaired) electrons. The number of rotatable bonds is 3. The van der Waals surface area contributed by atoms with E-state index in [2.05, 4.69) is 24.3 Å². The molecule has 0 amide bonds. The Morgan fingerprint density at radius 1 is 1.16 bits per heavy atom. The van der Waals surface area contributed by atoms with Crippen molar-refractivity contribution in [2.24, 2.45) is 5.73 Å². The van der Waals surface area contributed by atoms with Gasteiger partial charge >= 0.3 is 0 Å². The van der Waals surface area contributed by atoms with Crippen LogP contribution in [0.15, 0.2) is 42.5 Å². The van der Waals surface area contributed by atoms with E-state index < -0.39 is 0 Å². The van der Waals surface area contributed by atoms with E-state index in [-0.39, 0.29) is 6.04 Å². The molecule has 0 heterocycles. The molecule has 1 nitrogen and oxygen atoms in total. The van der Waals surface area contributed by atoms with Crippen molar-refractivity contribution < 1.29 is 0 Å². The van der Waals surface area contributed by atoms with Crippen molar-refractivity contribution in [3.8, 4) is 0 Å². The van der Waals surface area contributed by atoms with Gasteiger partial charge in [-0.05, 0) is 47.6 Å². The lowest BCUT2D eigenvalue weighted by atomic mass is 9.74. The Hall–Kier alpha value is -1.02. The summed E-state index contributed by atoms with van der Waals surface area (Å²) in [5.41, 5.74) is 10.1. The second-order valence-corrected chi connectivity index (χ2v) is 5.95. The van der Waals surface area contributed by atoms with E-state index in [1.54, 1.807) is 6.07 Å². The maximum absolute atomic E-state index is 6.29. The predicted molar refractivity (Wildman–Crippen MR) is 80.9 cm³/mol. The van der Waals surface area contributed by atoms with Crippen molar-refractivity contribution in [1.82, 2.24) is 0 Å². The minimum absolute atomic E-state index is 0.0388. The van der Waals surface area contributed by atoms with E-state index in [1.807, 2.05) is 12.1 Å². The van der Waals surface area contributed by atoms with Gasteiger partial charge in [0.05, 0.1) is 0 Å². The lowest BCUT2D eigenvalue weighted by Gasteiger charge is -2.32. The fourth-order valence-electron chi connectivity index (χ4n) is 2.81. The van der Waals surface area contributed by atoms with E-state index in [4.69, 9.17) is 28.9 Å². The summed E-state index contributed by atoms with van der Waals surface area (Å²) in [7, 11) is 0. The second-order valence-electron chi connectivity index (χ2n) is 5.11. The molecule has 2 unspecified atom stereocenters. The molecule has 98 valence electrons. The van der Waals surface area contributed by atoms with Crippen LogP contribution in [-0.4, -0.2) is 0 Å². The van der Waals surface area contributed by atoms with Gasteiger partial charge in [-0.3, -0.25) is 0 Å². The van der Waals surface area contributed by atoms with Gasteiger partial charge in [0.1, 0.15) is 0 Å². The predicted octanol–water partition coefficient (Wildman–Crippen LogP) is 4.72. The summed E-state index contributed by atoms with van der Waals surface area (Å²) in [6.07, 6.45) is 2.05. The third-order valence-electron chi connectivity index (χ3n) is 3.86. The number of hydrogen-bond donors (Lipinski definition) is 1. The molecule has 0 bridgehead atoms. The van der Waals surface area contributed by atoms with Gasteiger partial charge < -0.3 is 5.73 Å². The third kappa shape index (κ3) is 2.51. The van der Waals surface area contributed by atoms with Gasteiger partial charge in [0.2, 0.25) is 0 Å². The highest BCUT2D eigenvalue weighted by Gasteiger charge is 2.27. The molecular weight excluding hydrogens is 277 g/mol. The fraction of sp³-hybridized carbons (Fsp3) is 0.250. The summed E-state index contributed by atoms with van der Waals surface area (Å²) in [6, 6.07) is 14.1. The van der Waals surface area contributed by atoms with E-state index in [0.29, 0.717) is 16.0 Å². The first-order valence-corrected chi connectivity index (χ1v) is 7.19. The Balaban J connectivity index is 1.75. The minimum Gasteiger partial charge on any atom is -0.324 e. The summed E-state index contributed by atoms with van der Waals surface area (Å²) >= 11 is 12.1. The quantitative estimate of drug-likeness (QED) is 0.870. The van der Waals surface area contributed by atoms with Gasteiger partial charge in [-0.1, -0.05) is 53.5 Å². The Kier molecular flexibility index (Phi) is 3.53. The Labute approximate surface area is 123 Å². The summed E-state index contributed by atoms with van der Waals surface area (Å²) in [6.45, 7) is 0. The zero-order chi connectivity index (χ0) is 13.4. The Morgan fingerprint density at radius 3 is 2.68 bits per heavy atom. The monoisotopic (exact) mass is 291 g/mol. The van der Waals surface area contributed by atoms with Crippen LogP contribution in [0.3, 0.4) is 0 Å². The molecule has 2 aromatic rings. The molecule has 0 aliphatic heterocycles. The topological polar surface area (TPSA) is 26.0 Å². The zero-order valence-electron chi connectivity index (χ0n) is 10.4. The summed E-state index contributed by atoms with van der Waals surface area (Å²) in [5.74, 6) is 0.554. The number of hydrogen-bond acceptors (Lipinski definition) is 1. The van der Waals surface area contributed by atoms with Crippen LogP contribution in [0.2, 0.25) is 10.0 Å². The second kappa shape index (κ2) is 5.16. The highest BCUT2D eigenvalue weighted by atomic mass is 35.5. The zero-order valence-corrected chi connectivity index (χ0v) is 12.0. The Morgan fingerprint density at radius 2 is 1.95 bits per heavy atom. The normalized spacial score (nSPS) is 18.6. The van der Waals surface area contributed by atoms with Gasteiger partial charge in [-0.15, -0.1) is 0 Å². The highest BCUT2D eigenvalue weighted by Crippen LogP contribution is 2.41. The van der Waals surface area contributed by atoms with Gasteiger partial charge in [0, 0.05) is 16.1 Å². The number of benzene rings is 2. The van der Waals surface area contributed by atoms with Gasteiger partial charge in [0.25, 0.3) is 0 Å². The van der Waals surface area contributed by atoms with Crippen LogP contribution in [0, 0.1) is 0 Å². The van der Waals surface area contributed by atoms with E-state index in [0.717, 1.165) is 18.4 Å². The van der Waals surface area contributed by atoms with Crippen molar-refractivity contribution in [3.05, 3.63) is 69.2 Å². The lowest BCUT2D eigenvalue weighted by Crippen LogP contribution is -2.22. The molecule has 1 aliphatic rings. The maximum atomic E-state index is 6.29. The Bertz CT molecular complexity index is 609. The van der Waals surface area contributed by atoms with Crippen LogP contribution in [-0.2, 0) is 6.42 Å². The first-order valence-electron chi connectivity index (χ1n) is 6.43. The van der Waals surface area contributed by atoms with Crippen molar-refractivity contribution in [2.45, 2.75) is 24.8 Å². The lowest BCUT2D eigenvalue weighted by molar-refractivity contribution is 0.498. The molecule has 1 aliphatic carbocycles. The molecule has 2 aromatic carbocycles. The van der Waals surface area contributed by atoms with E-state index in [1.165, 1.54) is 11.1 Å². The average molecular weight is 292 g/mol. The molecule has 3 heteroatoms. The molecule has 0 spiro atoms. The van der Waals surface area contributed by atoms with Crippen LogP contribution in [0.25, 0.3) is 0 Å². The van der Waals surface area contributed by atoms with Crippen LogP contribution in [0.5, 0.6) is 0 Å². The number of fused-ring (bicyclic) bond motifs is 1. The number of halogens is 2. The van der Waals surface area contributed by atoms with Crippen LogP contribution < -0.4 is 5.73 Å². The smallest absolute Gasteiger partial charge is 0.0468 e. The fourth-order valence-corrected chi connectivity index (χ4v) is 3.36. The standard InChI is InChI=1S/C16H15Cl2N/c17-12-5-6-14(15(18)9-12)16(19)8-11-7-10-3-1-2-4-13(10)11/h1-6,9,11,16H,7-8,19H2. The van der Waals surface area contributed by atoms with Crippen molar-refractivity contribution in [2.75, 3.05) is 0 Å². The molecule has 19 heavy (non-hydrogen) atoms. The van der Waals surface area contributed by atoms with Crippen molar-refractivity contribution in [3.63, 3.8) is 0 Å². The molecular formula is C16H15Cl2N. The van der Waals surface area contributed by atoms with Crippen LogP contribution in [0.4, 0.5) is 0 Å². The molecule has 2 N–H and O–H groups in total. The molecule has 0 aromatic heterocycles. The largest absolute Gasteiger partial charge is 0.324 e. The highest BCUT2D eigenvalue weighted by molar-refractivity contribution is 6.35. The maximum Gasteiger partial charge on any atom is 0.0468 e. The summed E-state index contributed by atoms with van der Waals surface area (Å²) in [5, 5.41) is 1.31. The SMILES string of the molecule is NC(CC1Cc2ccccc21)c1ccc(Cl)cc1Cl. The molecule has 0 saturated carbocycles. The van der Waals surface area contributed by atoms with Crippen molar-refractivity contribution >= 4 is 23.2 Å². The van der Waals surface area contributed by atoms with Gasteiger partial charge in [-0.2, -0.15) is 0 Å². The van der Waals surface area contributed by atoms with Crippen LogP contribution >= 0.6 is 23.2 Å². The summed E-state index contributed by atoms with van der Waals surface area (Å²) < 4.78 is 0. The first kappa shape index (κ1) is 13.0. The van der Waals surface area contributed by atoms with Gasteiger partial charge in [0.15, 0.2) is 0 Å². The van der Waals surface area contributed by atoms with Crippen molar-refractivity contribution in [1.29, 1.82) is 0 Å². The average Bonchev–Trinajstić information content (AvgIpc) is 2.35. The first-order chi connectivity index (χ1) is 9.15. The molecule has 3 rings (SSSR count). The minimum atomic E-state index is -0.0388. The van der Waals surface area contributed by atoms with E-state index >= 15 is 0 Å². The summed E-state index contributed by atoms with van der Waals surface area (Å²) in [4.78, 5) is 0. The third-order valence-corrected chi connectivity index (χ3v) is 4.42. The molecule has 0 saturated heterocycles. The molecule has 0 fully saturated rings. The molecule has 2 atom stereocenters.